The van der Waals surface area contributed by atoms with Crippen molar-refractivity contribution in [3.8, 4) is 11.8 Å². The van der Waals surface area contributed by atoms with Gasteiger partial charge in [0.1, 0.15) is 17.7 Å². The van der Waals surface area contributed by atoms with Crippen LogP contribution in [-0.2, 0) is 6.42 Å². The van der Waals surface area contributed by atoms with Crippen molar-refractivity contribution in [3.63, 3.8) is 0 Å². The standard InChI is InChI=1S/C16H17N3O5/c1-19-7-6-11-13(16(19)21)9(8-24-11)14(20)17-10-4-5-12(22-2)18-15(10)23-3/h4-5,8H,6-7H2,1-3H3,(H,17,20). The summed E-state index contributed by atoms with van der Waals surface area (Å²) in [5.41, 5.74) is 0.871. The van der Waals surface area contributed by atoms with Crippen LogP contribution >= 0.6 is 0 Å². The molecule has 1 aliphatic rings. The van der Waals surface area contributed by atoms with Crippen LogP contribution in [-0.4, -0.2) is 49.5 Å². The molecule has 0 radical (unpaired) electrons. The summed E-state index contributed by atoms with van der Waals surface area (Å²) in [4.78, 5) is 30.5. The first-order valence-electron chi connectivity index (χ1n) is 7.31. The zero-order valence-corrected chi connectivity index (χ0v) is 13.6. The minimum atomic E-state index is -0.464. The lowest BCUT2D eigenvalue weighted by atomic mass is 10.0. The van der Waals surface area contributed by atoms with E-state index in [1.807, 2.05) is 0 Å². The van der Waals surface area contributed by atoms with E-state index in [0.29, 0.717) is 35.9 Å². The van der Waals surface area contributed by atoms with Crippen molar-refractivity contribution in [2.45, 2.75) is 6.42 Å². The molecule has 0 aromatic carbocycles. The summed E-state index contributed by atoms with van der Waals surface area (Å²) >= 11 is 0. The van der Waals surface area contributed by atoms with Crippen molar-refractivity contribution >= 4 is 17.5 Å². The van der Waals surface area contributed by atoms with Gasteiger partial charge in [0, 0.05) is 26.1 Å². The van der Waals surface area contributed by atoms with Gasteiger partial charge in [-0.05, 0) is 6.07 Å². The number of hydrogen-bond acceptors (Lipinski definition) is 6. The van der Waals surface area contributed by atoms with Gasteiger partial charge in [-0.3, -0.25) is 9.59 Å². The molecule has 126 valence electrons. The molecule has 0 saturated carbocycles. The Kier molecular flexibility index (Phi) is 4.11. The number of ether oxygens (including phenoxy) is 2. The largest absolute Gasteiger partial charge is 0.481 e. The summed E-state index contributed by atoms with van der Waals surface area (Å²) in [5, 5.41) is 2.69. The molecule has 3 heterocycles. The van der Waals surface area contributed by atoms with Crippen LogP contribution in [0.25, 0.3) is 0 Å². The van der Waals surface area contributed by atoms with Gasteiger partial charge in [-0.2, -0.15) is 4.98 Å². The summed E-state index contributed by atoms with van der Waals surface area (Å²) in [6, 6.07) is 3.21. The zero-order valence-electron chi connectivity index (χ0n) is 13.6. The number of likely N-dealkylation sites (N-methyl/N-ethyl adjacent to an activating group) is 1. The number of amides is 2. The fraction of sp³-hybridized carbons (Fsp3) is 0.312. The lowest BCUT2D eigenvalue weighted by molar-refractivity contribution is 0.0770. The van der Waals surface area contributed by atoms with E-state index in [1.54, 1.807) is 24.1 Å². The van der Waals surface area contributed by atoms with Crippen molar-refractivity contribution in [3.05, 3.63) is 35.3 Å². The third kappa shape index (κ3) is 2.66. The summed E-state index contributed by atoms with van der Waals surface area (Å²) < 4.78 is 15.6. The maximum Gasteiger partial charge on any atom is 0.259 e. The maximum atomic E-state index is 12.6. The molecule has 2 amide bonds. The van der Waals surface area contributed by atoms with Crippen molar-refractivity contribution < 1.29 is 23.5 Å². The summed E-state index contributed by atoms with van der Waals surface area (Å²) in [7, 11) is 4.62. The molecule has 2 aromatic rings. The Labute approximate surface area is 138 Å². The van der Waals surface area contributed by atoms with Gasteiger partial charge >= 0.3 is 0 Å². The lowest BCUT2D eigenvalue weighted by Crippen LogP contribution is -2.34. The Hall–Kier alpha value is -3.03. The molecular formula is C16H17N3O5. The number of aromatic nitrogens is 1. The van der Waals surface area contributed by atoms with Crippen molar-refractivity contribution in [2.24, 2.45) is 0 Å². The second kappa shape index (κ2) is 6.23. The molecule has 0 unspecified atom stereocenters. The number of nitrogens with one attached hydrogen (secondary N) is 1. The van der Waals surface area contributed by atoms with Crippen LogP contribution in [0.4, 0.5) is 5.69 Å². The molecular weight excluding hydrogens is 314 g/mol. The number of carbonyl (C=O) groups excluding carboxylic acids is 2. The summed E-state index contributed by atoms with van der Waals surface area (Å²) in [5.74, 6) is 0.415. The fourth-order valence-electron chi connectivity index (χ4n) is 2.52. The van der Waals surface area contributed by atoms with E-state index in [-0.39, 0.29) is 17.4 Å². The molecule has 0 spiro atoms. The van der Waals surface area contributed by atoms with Gasteiger partial charge in [0.05, 0.1) is 25.3 Å². The topological polar surface area (TPSA) is 93.9 Å². The maximum absolute atomic E-state index is 12.6. The third-order valence-electron chi connectivity index (χ3n) is 3.83. The highest BCUT2D eigenvalue weighted by Gasteiger charge is 2.31. The van der Waals surface area contributed by atoms with Gasteiger partial charge in [-0.25, -0.2) is 0 Å². The number of fused-ring (bicyclic) bond motifs is 1. The quantitative estimate of drug-likeness (QED) is 0.914. The molecule has 8 nitrogen and oxygen atoms in total. The van der Waals surface area contributed by atoms with Gasteiger partial charge < -0.3 is 24.1 Å². The van der Waals surface area contributed by atoms with Gasteiger partial charge in [-0.15, -0.1) is 0 Å². The molecule has 8 heteroatoms. The number of carbonyl (C=O) groups is 2. The minimum Gasteiger partial charge on any atom is -0.481 e. The molecule has 0 bridgehead atoms. The van der Waals surface area contributed by atoms with E-state index in [2.05, 4.69) is 10.3 Å². The van der Waals surface area contributed by atoms with Gasteiger partial charge in [-0.1, -0.05) is 0 Å². The molecule has 0 atom stereocenters. The van der Waals surface area contributed by atoms with Gasteiger partial charge in [0.2, 0.25) is 11.8 Å². The Bertz CT molecular complexity index is 799. The van der Waals surface area contributed by atoms with Crippen molar-refractivity contribution in [1.82, 2.24) is 9.88 Å². The monoisotopic (exact) mass is 331 g/mol. The van der Waals surface area contributed by atoms with E-state index in [9.17, 15) is 9.59 Å². The average Bonchev–Trinajstić information content (AvgIpc) is 3.03. The smallest absolute Gasteiger partial charge is 0.259 e. The fourth-order valence-corrected chi connectivity index (χ4v) is 2.52. The Morgan fingerprint density at radius 2 is 2.12 bits per heavy atom. The van der Waals surface area contributed by atoms with Crippen LogP contribution < -0.4 is 14.8 Å². The number of anilines is 1. The first kappa shape index (κ1) is 15.9. The van der Waals surface area contributed by atoms with Crippen molar-refractivity contribution in [1.29, 1.82) is 0 Å². The Morgan fingerprint density at radius 3 is 2.83 bits per heavy atom. The normalized spacial score (nSPS) is 13.5. The van der Waals surface area contributed by atoms with Crippen LogP contribution in [0.15, 0.2) is 22.8 Å². The van der Waals surface area contributed by atoms with Crippen LogP contribution in [0.5, 0.6) is 11.8 Å². The van der Waals surface area contributed by atoms with Crippen LogP contribution in [0.3, 0.4) is 0 Å². The second-order valence-electron chi connectivity index (χ2n) is 5.29. The predicted molar refractivity (Wildman–Crippen MR) is 84.7 cm³/mol. The number of pyridine rings is 1. The molecule has 1 aliphatic heterocycles. The highest BCUT2D eigenvalue weighted by Crippen LogP contribution is 2.28. The van der Waals surface area contributed by atoms with Gasteiger partial charge in [0.15, 0.2) is 0 Å². The SMILES string of the molecule is COc1ccc(NC(=O)c2coc3c2C(=O)N(C)CC3)c(OC)n1. The average molecular weight is 331 g/mol. The summed E-state index contributed by atoms with van der Waals surface area (Å²) in [6.45, 7) is 0.566. The zero-order chi connectivity index (χ0) is 17.3. The highest BCUT2D eigenvalue weighted by molar-refractivity contribution is 6.13. The molecule has 2 aromatic heterocycles. The predicted octanol–water partition coefficient (Wildman–Crippen LogP) is 1.57. The minimum absolute atomic E-state index is 0.194. The first-order chi connectivity index (χ1) is 11.5. The number of hydrogen-bond donors (Lipinski definition) is 1. The molecule has 1 N–H and O–H groups in total. The van der Waals surface area contributed by atoms with E-state index in [1.165, 1.54) is 20.5 Å². The molecule has 3 rings (SSSR count). The van der Waals surface area contributed by atoms with Gasteiger partial charge in [0.25, 0.3) is 11.8 Å². The molecule has 0 aliphatic carbocycles. The highest BCUT2D eigenvalue weighted by atomic mass is 16.5. The Morgan fingerprint density at radius 1 is 1.33 bits per heavy atom. The van der Waals surface area contributed by atoms with E-state index < -0.39 is 5.91 Å². The second-order valence-corrected chi connectivity index (χ2v) is 5.29. The van der Waals surface area contributed by atoms with Crippen LogP contribution in [0, 0.1) is 0 Å². The first-order valence-corrected chi connectivity index (χ1v) is 7.31. The molecule has 24 heavy (non-hydrogen) atoms. The Balaban J connectivity index is 1.89. The number of furan rings is 1. The van der Waals surface area contributed by atoms with E-state index >= 15 is 0 Å². The molecule has 0 saturated heterocycles. The van der Waals surface area contributed by atoms with E-state index in [0.717, 1.165) is 0 Å². The summed E-state index contributed by atoms with van der Waals surface area (Å²) in [6.07, 6.45) is 1.89. The van der Waals surface area contributed by atoms with Crippen LogP contribution in [0.2, 0.25) is 0 Å². The molecule has 0 fully saturated rings. The number of methoxy groups -OCH3 is 2. The van der Waals surface area contributed by atoms with E-state index in [4.69, 9.17) is 13.9 Å². The van der Waals surface area contributed by atoms with Crippen LogP contribution in [0.1, 0.15) is 26.5 Å². The number of rotatable bonds is 4. The lowest BCUT2D eigenvalue weighted by Gasteiger charge is -2.21. The number of nitrogens with zero attached hydrogens (tertiary/aromatic N) is 2. The third-order valence-corrected chi connectivity index (χ3v) is 3.83. The van der Waals surface area contributed by atoms with Crippen molar-refractivity contribution in [2.75, 3.05) is 33.1 Å².